The molecule has 1 amide bonds. The number of carbonyl (C=O) groups excluding carboxylic acids is 1. The first-order valence-corrected chi connectivity index (χ1v) is 11.5. The molecule has 34 heavy (non-hydrogen) atoms. The molecule has 1 saturated heterocycles. The molecule has 1 fully saturated rings. The van der Waals surface area contributed by atoms with E-state index in [1.807, 2.05) is 35.0 Å². The molecule has 1 aromatic heterocycles. The molecule has 0 saturated carbocycles. The minimum Gasteiger partial charge on any atom is -0.342 e. The van der Waals surface area contributed by atoms with Crippen LogP contribution < -0.4 is 4.90 Å². The van der Waals surface area contributed by atoms with Crippen LogP contribution in [0.3, 0.4) is 0 Å². The number of rotatable bonds is 5. The fourth-order valence-corrected chi connectivity index (χ4v) is 5.17. The molecule has 0 spiro atoms. The van der Waals surface area contributed by atoms with E-state index in [0.29, 0.717) is 11.4 Å². The quantitative estimate of drug-likeness (QED) is 0.146. The van der Waals surface area contributed by atoms with Gasteiger partial charge in [0.05, 0.1) is 15.5 Å². The molecule has 5 rings (SSSR count). The first-order valence-electron chi connectivity index (χ1n) is 10.3. The number of nitro groups is 1. The summed E-state index contributed by atoms with van der Waals surface area (Å²) in [6.07, 6.45) is 3.70. The molecule has 2 heterocycles. The number of hydrogen-bond donors (Lipinski definition) is 0. The fraction of sp³-hybridized carbons (Fsp3) is 0.0400. The van der Waals surface area contributed by atoms with Crippen LogP contribution in [0.4, 0.5) is 15.8 Å². The van der Waals surface area contributed by atoms with E-state index in [4.69, 9.17) is 12.2 Å². The highest BCUT2D eigenvalue weighted by Gasteiger charge is 2.34. The van der Waals surface area contributed by atoms with E-state index < -0.39 is 10.7 Å². The van der Waals surface area contributed by atoms with Crippen molar-refractivity contribution < 1.29 is 14.1 Å². The molecule has 6 nitrogen and oxygen atoms in total. The van der Waals surface area contributed by atoms with E-state index in [-0.39, 0.29) is 21.6 Å². The molecule has 0 radical (unpaired) electrons. The zero-order valence-corrected chi connectivity index (χ0v) is 19.2. The second-order valence-electron chi connectivity index (χ2n) is 7.62. The Kier molecular flexibility index (Phi) is 5.72. The van der Waals surface area contributed by atoms with Crippen LogP contribution in [0.1, 0.15) is 11.1 Å². The van der Waals surface area contributed by atoms with Gasteiger partial charge in [-0.1, -0.05) is 66.4 Å². The summed E-state index contributed by atoms with van der Waals surface area (Å²) in [5.41, 5.74) is 2.86. The van der Waals surface area contributed by atoms with Gasteiger partial charge in [0.25, 0.3) is 11.6 Å². The summed E-state index contributed by atoms with van der Waals surface area (Å²) in [4.78, 5) is 25.2. The number of para-hydroxylation sites is 2. The lowest BCUT2D eigenvalue weighted by Crippen LogP contribution is -2.28. The number of hydrogen-bond acceptors (Lipinski definition) is 5. The van der Waals surface area contributed by atoms with Crippen LogP contribution in [0.5, 0.6) is 0 Å². The second-order valence-corrected chi connectivity index (χ2v) is 9.30. The van der Waals surface area contributed by atoms with E-state index in [9.17, 15) is 19.3 Å². The Labute approximate surface area is 203 Å². The number of thiocarbonyl (C=S) groups is 1. The Morgan fingerprint density at radius 1 is 1.03 bits per heavy atom. The number of aromatic nitrogens is 1. The second kappa shape index (κ2) is 8.85. The third kappa shape index (κ3) is 4.00. The lowest BCUT2D eigenvalue weighted by molar-refractivity contribution is -0.384. The summed E-state index contributed by atoms with van der Waals surface area (Å²) in [6, 6.07) is 20.2. The predicted octanol–water partition coefficient (Wildman–Crippen LogP) is 6.14. The van der Waals surface area contributed by atoms with Gasteiger partial charge in [0, 0.05) is 41.3 Å². The number of fused-ring (bicyclic) bond motifs is 1. The molecule has 1 aliphatic rings. The largest absolute Gasteiger partial charge is 0.342 e. The summed E-state index contributed by atoms with van der Waals surface area (Å²) in [5.74, 6) is -0.882. The summed E-state index contributed by atoms with van der Waals surface area (Å²) in [5, 5.41) is 11.9. The normalized spacial score (nSPS) is 15.0. The van der Waals surface area contributed by atoms with Crippen molar-refractivity contribution in [2.45, 2.75) is 6.54 Å². The van der Waals surface area contributed by atoms with Gasteiger partial charge in [-0.15, -0.1) is 0 Å². The molecule has 1 aliphatic heterocycles. The number of anilines is 1. The highest BCUT2D eigenvalue weighted by Crippen LogP contribution is 2.38. The molecule has 168 valence electrons. The average molecular weight is 490 g/mol. The topological polar surface area (TPSA) is 68.4 Å². The van der Waals surface area contributed by atoms with Crippen LogP contribution in [-0.4, -0.2) is 19.7 Å². The predicted molar refractivity (Wildman–Crippen MR) is 136 cm³/mol. The molecule has 0 atom stereocenters. The Bertz CT molecular complexity index is 1500. The van der Waals surface area contributed by atoms with Gasteiger partial charge in [0.1, 0.15) is 5.82 Å². The molecule has 4 aromatic rings. The van der Waals surface area contributed by atoms with Crippen LogP contribution in [0.25, 0.3) is 17.0 Å². The molecule has 3 aromatic carbocycles. The Morgan fingerprint density at radius 2 is 1.74 bits per heavy atom. The zero-order chi connectivity index (χ0) is 23.8. The molecule has 0 unspecified atom stereocenters. The van der Waals surface area contributed by atoms with Gasteiger partial charge in [-0.05, 0) is 29.8 Å². The third-order valence-corrected chi connectivity index (χ3v) is 6.80. The van der Waals surface area contributed by atoms with Crippen molar-refractivity contribution in [1.29, 1.82) is 0 Å². The van der Waals surface area contributed by atoms with E-state index in [1.54, 1.807) is 30.3 Å². The summed E-state index contributed by atoms with van der Waals surface area (Å²) < 4.78 is 16.6. The van der Waals surface area contributed by atoms with Gasteiger partial charge < -0.3 is 4.57 Å². The summed E-state index contributed by atoms with van der Waals surface area (Å²) in [7, 11) is 0. The van der Waals surface area contributed by atoms with Crippen molar-refractivity contribution in [1.82, 2.24) is 4.57 Å². The van der Waals surface area contributed by atoms with E-state index in [1.165, 1.54) is 29.2 Å². The molecular weight excluding hydrogens is 473 g/mol. The van der Waals surface area contributed by atoms with Crippen molar-refractivity contribution in [3.05, 3.63) is 111 Å². The third-order valence-electron chi connectivity index (χ3n) is 5.49. The van der Waals surface area contributed by atoms with Crippen molar-refractivity contribution in [2.75, 3.05) is 4.90 Å². The van der Waals surface area contributed by atoms with E-state index >= 15 is 0 Å². The van der Waals surface area contributed by atoms with Crippen LogP contribution in [-0.2, 0) is 11.3 Å². The SMILES string of the molecule is O=C1/C(=C/c2cn(Cc3ccc([N+](=O)[O-])cc3)c3ccccc23)SC(=S)N1c1ccccc1F. The molecule has 9 heteroatoms. The van der Waals surface area contributed by atoms with Crippen LogP contribution >= 0.6 is 24.0 Å². The Hall–Kier alpha value is -3.82. The van der Waals surface area contributed by atoms with Crippen LogP contribution in [0, 0.1) is 15.9 Å². The standard InChI is InChI=1S/C25H16FN3O3S2/c26-20-6-2-4-8-22(20)28-24(30)23(34-25(28)33)13-17-15-27(21-7-3-1-5-19(17)21)14-16-9-11-18(12-10-16)29(31)32/h1-13,15H,14H2/b23-13-. The number of non-ortho nitro benzene ring substituents is 1. The van der Waals surface area contributed by atoms with Crippen molar-refractivity contribution in [3.8, 4) is 0 Å². The maximum atomic E-state index is 14.3. The maximum Gasteiger partial charge on any atom is 0.270 e. The molecule has 0 bridgehead atoms. The highest BCUT2D eigenvalue weighted by atomic mass is 32.2. The first kappa shape index (κ1) is 22.0. The van der Waals surface area contributed by atoms with Gasteiger partial charge in [-0.3, -0.25) is 19.8 Å². The summed E-state index contributed by atoms with van der Waals surface area (Å²) >= 11 is 6.51. The van der Waals surface area contributed by atoms with Gasteiger partial charge >= 0.3 is 0 Å². The number of amides is 1. The number of thioether (sulfide) groups is 1. The Balaban J connectivity index is 1.50. The number of benzene rings is 3. The maximum absolute atomic E-state index is 14.3. The molecule has 0 aliphatic carbocycles. The van der Waals surface area contributed by atoms with E-state index in [0.717, 1.165) is 33.8 Å². The lowest BCUT2D eigenvalue weighted by Gasteiger charge is -2.14. The minimum atomic E-state index is -0.514. The van der Waals surface area contributed by atoms with Gasteiger partial charge in [0.15, 0.2) is 4.32 Å². The number of carbonyl (C=O) groups is 1. The average Bonchev–Trinajstić information content (AvgIpc) is 3.31. The van der Waals surface area contributed by atoms with Crippen LogP contribution in [0.2, 0.25) is 0 Å². The number of halogens is 1. The lowest BCUT2D eigenvalue weighted by atomic mass is 10.1. The zero-order valence-electron chi connectivity index (χ0n) is 17.6. The van der Waals surface area contributed by atoms with Gasteiger partial charge in [0.2, 0.25) is 0 Å². The van der Waals surface area contributed by atoms with Crippen molar-refractivity contribution >= 4 is 62.6 Å². The van der Waals surface area contributed by atoms with E-state index in [2.05, 4.69) is 0 Å². The number of nitrogens with zero attached hydrogens (tertiary/aromatic N) is 3. The van der Waals surface area contributed by atoms with Gasteiger partial charge in [-0.25, -0.2) is 4.39 Å². The highest BCUT2D eigenvalue weighted by molar-refractivity contribution is 8.27. The van der Waals surface area contributed by atoms with Crippen molar-refractivity contribution in [3.63, 3.8) is 0 Å². The number of nitro benzene ring substituents is 1. The fourth-order valence-electron chi connectivity index (χ4n) is 3.89. The first-order chi connectivity index (χ1) is 16.4. The molecular formula is C25H16FN3O3S2. The smallest absolute Gasteiger partial charge is 0.270 e. The summed E-state index contributed by atoms with van der Waals surface area (Å²) in [6.45, 7) is 0.503. The monoisotopic (exact) mass is 489 g/mol. The molecule has 0 N–H and O–H groups in total. The Morgan fingerprint density at radius 3 is 2.47 bits per heavy atom. The van der Waals surface area contributed by atoms with Crippen LogP contribution in [0.15, 0.2) is 83.9 Å². The van der Waals surface area contributed by atoms with Crippen molar-refractivity contribution in [2.24, 2.45) is 0 Å². The van der Waals surface area contributed by atoms with Gasteiger partial charge in [-0.2, -0.15) is 0 Å². The minimum absolute atomic E-state index is 0.0404.